The van der Waals surface area contributed by atoms with Gasteiger partial charge in [0.05, 0.1) is 11.1 Å². The number of carbonyl (C=O) groups excluding carboxylic acids is 1. The summed E-state index contributed by atoms with van der Waals surface area (Å²) in [5.41, 5.74) is 1.07. The van der Waals surface area contributed by atoms with Crippen LogP contribution >= 0.6 is 0 Å². The Bertz CT molecular complexity index is 875. The van der Waals surface area contributed by atoms with Gasteiger partial charge in [0.2, 0.25) is 12.4 Å². The maximum atomic E-state index is 13.0. The van der Waals surface area contributed by atoms with Crippen molar-refractivity contribution in [3.8, 4) is 0 Å². The quantitative estimate of drug-likeness (QED) is 0.721. The molecule has 0 saturated carbocycles. The molecule has 1 N–H and O–H groups in total. The molecule has 0 atom stereocenters. The first-order chi connectivity index (χ1) is 10.9. The molecular weight excluding hydrogens is 305 g/mol. The Balaban J connectivity index is 1.92. The molecule has 0 aliphatic rings. The molecule has 0 unspecified atom stereocenters. The van der Waals surface area contributed by atoms with Crippen molar-refractivity contribution in [3.63, 3.8) is 0 Å². The molecule has 3 rings (SSSR count). The number of amides is 1. The summed E-state index contributed by atoms with van der Waals surface area (Å²) < 4.78 is 40.3. The summed E-state index contributed by atoms with van der Waals surface area (Å²) in [5.74, 6) is -0.821. The van der Waals surface area contributed by atoms with Gasteiger partial charge in [-0.25, -0.2) is 0 Å². The largest absolute Gasteiger partial charge is 0.417 e. The van der Waals surface area contributed by atoms with Crippen LogP contribution in [0.15, 0.2) is 67.0 Å². The number of fused-ring (bicyclic) bond motifs is 1. The molecule has 116 valence electrons. The predicted molar refractivity (Wildman–Crippen MR) is 79.3 cm³/mol. The van der Waals surface area contributed by atoms with E-state index >= 15 is 0 Å². The minimum atomic E-state index is -4.58. The second kappa shape index (κ2) is 5.72. The number of carbonyl (C=O) groups is 1. The summed E-state index contributed by atoms with van der Waals surface area (Å²) in [6.45, 7) is 0. The van der Waals surface area contributed by atoms with E-state index in [0.29, 0.717) is 0 Å². The van der Waals surface area contributed by atoms with E-state index in [9.17, 15) is 18.0 Å². The zero-order valence-corrected chi connectivity index (χ0v) is 11.8. The van der Waals surface area contributed by atoms with Crippen LogP contribution in [0.5, 0.6) is 0 Å². The second-order valence-electron chi connectivity index (χ2n) is 4.97. The summed E-state index contributed by atoms with van der Waals surface area (Å²) in [6.07, 6.45) is -1.36. The number of halogens is 3. The van der Waals surface area contributed by atoms with Crippen LogP contribution in [0.4, 0.5) is 13.2 Å². The van der Waals surface area contributed by atoms with Gasteiger partial charge in [-0.2, -0.15) is 13.2 Å². The molecule has 1 aromatic heterocycles. The van der Waals surface area contributed by atoms with E-state index in [4.69, 9.17) is 0 Å². The van der Waals surface area contributed by atoms with Gasteiger partial charge in [0.1, 0.15) is 0 Å². The Morgan fingerprint density at radius 3 is 2.30 bits per heavy atom. The standard InChI is InChI=1S/C17H11F3N2O/c18-17(19,20)15-8-4-3-7-14(15)16(23)21-22-10-9-12-5-1-2-6-13(12)11-22/h1-11H/p+1. The van der Waals surface area contributed by atoms with E-state index in [1.165, 1.54) is 16.8 Å². The lowest BCUT2D eigenvalue weighted by Crippen LogP contribution is -2.48. The number of rotatable bonds is 2. The van der Waals surface area contributed by atoms with E-state index < -0.39 is 23.2 Å². The smallest absolute Gasteiger partial charge is 0.264 e. The first-order valence-electron chi connectivity index (χ1n) is 6.83. The zero-order chi connectivity index (χ0) is 16.4. The lowest BCUT2D eigenvalue weighted by Gasteiger charge is -2.10. The van der Waals surface area contributed by atoms with Crippen molar-refractivity contribution in [2.45, 2.75) is 6.18 Å². The van der Waals surface area contributed by atoms with E-state index in [1.807, 2.05) is 24.3 Å². The first-order valence-corrected chi connectivity index (χ1v) is 6.83. The third kappa shape index (κ3) is 3.15. The number of benzene rings is 2. The van der Waals surface area contributed by atoms with Crippen molar-refractivity contribution in [2.75, 3.05) is 5.43 Å². The van der Waals surface area contributed by atoms with Crippen LogP contribution in [-0.2, 0) is 6.18 Å². The van der Waals surface area contributed by atoms with Crippen LogP contribution in [0.3, 0.4) is 0 Å². The minimum Gasteiger partial charge on any atom is -0.264 e. The van der Waals surface area contributed by atoms with Gasteiger partial charge in [-0.15, -0.1) is 5.43 Å². The van der Waals surface area contributed by atoms with Crippen molar-refractivity contribution < 1.29 is 22.6 Å². The highest BCUT2D eigenvalue weighted by Crippen LogP contribution is 2.31. The van der Waals surface area contributed by atoms with Crippen LogP contribution in [0, 0.1) is 0 Å². The number of nitrogens with one attached hydrogen (secondary N) is 1. The van der Waals surface area contributed by atoms with Crippen molar-refractivity contribution in [2.24, 2.45) is 0 Å². The Labute approximate surface area is 130 Å². The monoisotopic (exact) mass is 317 g/mol. The SMILES string of the molecule is O=C(N[n+]1ccc2ccccc2c1)c1ccccc1C(F)(F)F. The van der Waals surface area contributed by atoms with E-state index in [0.717, 1.165) is 22.9 Å². The molecule has 0 fully saturated rings. The molecule has 0 spiro atoms. The van der Waals surface area contributed by atoms with Crippen molar-refractivity contribution >= 4 is 16.7 Å². The Morgan fingerprint density at radius 1 is 0.913 bits per heavy atom. The number of alkyl halides is 3. The van der Waals surface area contributed by atoms with Crippen LogP contribution < -0.4 is 10.1 Å². The molecule has 0 saturated heterocycles. The molecule has 1 amide bonds. The van der Waals surface area contributed by atoms with Gasteiger partial charge in [-0.3, -0.25) is 4.79 Å². The molecule has 23 heavy (non-hydrogen) atoms. The maximum Gasteiger partial charge on any atom is 0.417 e. The molecule has 0 aliphatic heterocycles. The third-order valence-corrected chi connectivity index (χ3v) is 3.40. The van der Waals surface area contributed by atoms with Gasteiger partial charge in [-0.1, -0.05) is 35.0 Å². The summed E-state index contributed by atoms with van der Waals surface area (Å²) in [4.78, 5) is 12.2. The van der Waals surface area contributed by atoms with Crippen LogP contribution in [0.1, 0.15) is 15.9 Å². The Morgan fingerprint density at radius 2 is 1.57 bits per heavy atom. The number of aromatic nitrogens is 1. The van der Waals surface area contributed by atoms with Crippen molar-refractivity contribution in [1.29, 1.82) is 0 Å². The lowest BCUT2D eigenvalue weighted by atomic mass is 10.1. The van der Waals surface area contributed by atoms with Gasteiger partial charge in [0.15, 0.2) is 0 Å². The molecule has 3 nitrogen and oxygen atoms in total. The topological polar surface area (TPSA) is 33.0 Å². The summed E-state index contributed by atoms with van der Waals surface area (Å²) in [5, 5.41) is 1.83. The average molecular weight is 317 g/mol. The predicted octanol–water partition coefficient (Wildman–Crippen LogP) is 3.53. The summed E-state index contributed by atoms with van der Waals surface area (Å²) >= 11 is 0. The molecule has 2 aromatic carbocycles. The van der Waals surface area contributed by atoms with E-state index in [1.54, 1.807) is 18.5 Å². The van der Waals surface area contributed by atoms with Gasteiger partial charge < -0.3 is 0 Å². The normalized spacial score (nSPS) is 11.4. The van der Waals surface area contributed by atoms with Gasteiger partial charge in [0, 0.05) is 11.5 Å². The summed E-state index contributed by atoms with van der Waals surface area (Å²) in [6, 6.07) is 13.9. The summed E-state index contributed by atoms with van der Waals surface area (Å²) in [7, 11) is 0. The molecule has 0 aliphatic carbocycles. The van der Waals surface area contributed by atoms with Crippen molar-refractivity contribution in [1.82, 2.24) is 0 Å². The number of nitrogens with zero attached hydrogens (tertiary/aromatic N) is 1. The molecule has 3 aromatic rings. The zero-order valence-electron chi connectivity index (χ0n) is 11.8. The number of hydrogen-bond acceptors (Lipinski definition) is 1. The lowest BCUT2D eigenvalue weighted by molar-refractivity contribution is -0.639. The van der Waals surface area contributed by atoms with Gasteiger partial charge in [-0.05, 0) is 23.6 Å². The number of hydrogen-bond donors (Lipinski definition) is 1. The molecule has 0 bridgehead atoms. The minimum absolute atomic E-state index is 0.416. The van der Waals surface area contributed by atoms with E-state index in [-0.39, 0.29) is 0 Å². The van der Waals surface area contributed by atoms with Crippen molar-refractivity contribution in [3.05, 3.63) is 78.1 Å². The highest BCUT2D eigenvalue weighted by molar-refractivity contribution is 6.00. The fraction of sp³-hybridized carbons (Fsp3) is 0.0588. The molecule has 1 heterocycles. The van der Waals surface area contributed by atoms with E-state index in [2.05, 4.69) is 5.43 Å². The van der Waals surface area contributed by atoms with Crippen LogP contribution in [0.2, 0.25) is 0 Å². The molecule has 6 heteroatoms. The Kier molecular flexibility index (Phi) is 3.73. The van der Waals surface area contributed by atoms with Gasteiger partial charge in [0.25, 0.3) is 0 Å². The average Bonchev–Trinajstić information content (AvgIpc) is 2.54. The second-order valence-corrected chi connectivity index (χ2v) is 4.97. The van der Waals surface area contributed by atoms with Gasteiger partial charge >= 0.3 is 12.1 Å². The first kappa shape index (κ1) is 15.0. The third-order valence-electron chi connectivity index (χ3n) is 3.40. The molecule has 0 radical (unpaired) electrons. The molecular formula is C17H12F3N2O+. The fourth-order valence-corrected chi connectivity index (χ4v) is 2.31. The highest BCUT2D eigenvalue weighted by atomic mass is 19.4. The Hall–Kier alpha value is -2.89. The van der Waals surface area contributed by atoms with Crippen LogP contribution in [-0.4, -0.2) is 5.91 Å². The maximum absolute atomic E-state index is 13.0. The fourth-order valence-electron chi connectivity index (χ4n) is 2.31. The highest BCUT2D eigenvalue weighted by Gasteiger charge is 2.35. The number of pyridine rings is 1. The van der Waals surface area contributed by atoms with Crippen LogP contribution in [0.25, 0.3) is 10.8 Å².